The molecule has 142 valence electrons. The number of anilines is 2. The molecule has 26 heavy (non-hydrogen) atoms. The van der Waals surface area contributed by atoms with Crippen molar-refractivity contribution in [2.75, 3.05) is 69.7 Å². The molecule has 8 nitrogen and oxygen atoms in total. The fraction of sp³-hybridized carbons (Fsp3) is 0.722. The summed E-state index contributed by atoms with van der Waals surface area (Å²) in [5, 5.41) is 0. The first-order valence-corrected chi connectivity index (χ1v) is 9.66. The highest BCUT2D eigenvalue weighted by molar-refractivity contribution is 5.78. The van der Waals surface area contributed by atoms with Gasteiger partial charge in [0.2, 0.25) is 11.9 Å². The van der Waals surface area contributed by atoms with E-state index in [0.29, 0.717) is 25.0 Å². The minimum atomic E-state index is 0.269. The van der Waals surface area contributed by atoms with Crippen molar-refractivity contribution in [3.8, 4) is 0 Å². The van der Waals surface area contributed by atoms with E-state index >= 15 is 0 Å². The first-order valence-electron chi connectivity index (χ1n) is 9.66. The van der Waals surface area contributed by atoms with Crippen LogP contribution in [0.15, 0.2) is 6.07 Å². The van der Waals surface area contributed by atoms with Crippen molar-refractivity contribution in [1.82, 2.24) is 19.8 Å². The van der Waals surface area contributed by atoms with Crippen molar-refractivity contribution in [3.63, 3.8) is 0 Å². The van der Waals surface area contributed by atoms with Crippen LogP contribution in [0, 0.1) is 0 Å². The molecule has 0 aliphatic carbocycles. The van der Waals surface area contributed by atoms with Gasteiger partial charge in [-0.2, -0.15) is 4.98 Å². The molecule has 1 atom stereocenters. The number of carbonyl (C=O) groups excluding carboxylic acids is 1. The van der Waals surface area contributed by atoms with Crippen LogP contribution < -0.4 is 10.6 Å². The van der Waals surface area contributed by atoms with Gasteiger partial charge in [0.05, 0.1) is 18.8 Å². The average Bonchev–Trinajstić information content (AvgIpc) is 3.36. The summed E-state index contributed by atoms with van der Waals surface area (Å²) in [7, 11) is 0. The van der Waals surface area contributed by atoms with Gasteiger partial charge in [0.25, 0.3) is 0 Å². The molecule has 3 aliphatic heterocycles. The zero-order valence-electron chi connectivity index (χ0n) is 15.3. The molecular formula is C18H28N6O2. The fourth-order valence-electron chi connectivity index (χ4n) is 4.00. The topological polar surface area (TPSA) is 87.8 Å². The van der Waals surface area contributed by atoms with Gasteiger partial charge in [-0.05, 0) is 19.3 Å². The molecule has 0 unspecified atom stereocenters. The number of piperazine rings is 1. The molecule has 4 heterocycles. The molecule has 3 fully saturated rings. The number of ether oxygens (including phenoxy) is 1. The largest absolute Gasteiger partial charge is 0.381 e. The van der Waals surface area contributed by atoms with Gasteiger partial charge >= 0.3 is 0 Å². The number of hydrogen-bond acceptors (Lipinski definition) is 7. The SMILES string of the molecule is Nc1nc([C@H]2CCOC2)cc(N2CCN(CC(=O)N3CCCC3)CC2)n1. The number of carbonyl (C=O) groups is 1. The highest BCUT2D eigenvalue weighted by Gasteiger charge is 2.25. The third-order valence-corrected chi connectivity index (χ3v) is 5.61. The first kappa shape index (κ1) is 17.5. The van der Waals surface area contributed by atoms with Crippen LogP contribution in [0.5, 0.6) is 0 Å². The van der Waals surface area contributed by atoms with E-state index in [1.807, 2.05) is 4.90 Å². The molecule has 0 radical (unpaired) electrons. The summed E-state index contributed by atoms with van der Waals surface area (Å²) in [6, 6.07) is 2.06. The Balaban J connectivity index is 1.34. The minimum Gasteiger partial charge on any atom is -0.381 e. The van der Waals surface area contributed by atoms with Crippen molar-refractivity contribution in [3.05, 3.63) is 11.8 Å². The zero-order chi connectivity index (χ0) is 17.9. The van der Waals surface area contributed by atoms with Crippen molar-refractivity contribution in [2.24, 2.45) is 0 Å². The maximum Gasteiger partial charge on any atom is 0.236 e. The van der Waals surface area contributed by atoms with E-state index in [1.54, 1.807) is 0 Å². The van der Waals surface area contributed by atoms with Gasteiger partial charge in [-0.15, -0.1) is 0 Å². The lowest BCUT2D eigenvalue weighted by molar-refractivity contribution is -0.131. The molecule has 3 saturated heterocycles. The van der Waals surface area contributed by atoms with Gasteiger partial charge in [-0.1, -0.05) is 0 Å². The summed E-state index contributed by atoms with van der Waals surface area (Å²) >= 11 is 0. The molecular weight excluding hydrogens is 332 g/mol. The molecule has 8 heteroatoms. The van der Waals surface area contributed by atoms with E-state index < -0.39 is 0 Å². The molecule has 1 aromatic rings. The van der Waals surface area contributed by atoms with Crippen LogP contribution in [0.2, 0.25) is 0 Å². The third kappa shape index (κ3) is 3.91. The minimum absolute atomic E-state index is 0.269. The quantitative estimate of drug-likeness (QED) is 0.826. The second kappa shape index (κ2) is 7.75. The van der Waals surface area contributed by atoms with Crippen LogP contribution in [0.1, 0.15) is 30.9 Å². The van der Waals surface area contributed by atoms with Crippen LogP contribution in [0.25, 0.3) is 0 Å². The summed E-state index contributed by atoms with van der Waals surface area (Å²) in [5.74, 6) is 1.81. The van der Waals surface area contributed by atoms with E-state index in [4.69, 9.17) is 10.5 Å². The van der Waals surface area contributed by atoms with Gasteiger partial charge < -0.3 is 20.3 Å². The Morgan fingerprint density at radius 2 is 1.92 bits per heavy atom. The Hall–Kier alpha value is -1.93. The van der Waals surface area contributed by atoms with E-state index in [0.717, 1.165) is 76.6 Å². The maximum atomic E-state index is 12.3. The molecule has 4 rings (SSSR count). The Bertz CT molecular complexity index is 635. The number of nitrogens with zero attached hydrogens (tertiary/aromatic N) is 5. The van der Waals surface area contributed by atoms with Crippen LogP contribution >= 0.6 is 0 Å². The molecule has 1 aromatic heterocycles. The molecule has 0 bridgehead atoms. The first-order chi connectivity index (χ1) is 12.7. The van der Waals surface area contributed by atoms with Crippen molar-refractivity contribution < 1.29 is 9.53 Å². The fourth-order valence-corrected chi connectivity index (χ4v) is 4.00. The summed E-state index contributed by atoms with van der Waals surface area (Å²) in [6.45, 7) is 7.31. The highest BCUT2D eigenvalue weighted by Crippen LogP contribution is 2.27. The summed E-state index contributed by atoms with van der Waals surface area (Å²) in [6.07, 6.45) is 3.27. The Morgan fingerprint density at radius 1 is 1.15 bits per heavy atom. The van der Waals surface area contributed by atoms with Gasteiger partial charge in [-0.25, -0.2) is 4.98 Å². The Kier molecular flexibility index (Phi) is 5.21. The number of amides is 1. The molecule has 3 aliphatic rings. The lowest BCUT2D eigenvalue weighted by Crippen LogP contribution is -2.50. The standard InChI is InChI=1S/C18H28N6O2/c19-18-20-15(14-3-10-26-13-14)11-16(21-18)23-8-6-22(7-9-23)12-17(25)24-4-1-2-5-24/h11,14H,1-10,12-13H2,(H2,19,20,21)/t14-/m0/s1. The van der Waals surface area contributed by atoms with Crippen LogP contribution in [0.4, 0.5) is 11.8 Å². The maximum absolute atomic E-state index is 12.3. The van der Waals surface area contributed by atoms with E-state index in [-0.39, 0.29) is 5.91 Å². The molecule has 2 N–H and O–H groups in total. The predicted molar refractivity (Wildman–Crippen MR) is 99.1 cm³/mol. The number of nitrogen functional groups attached to an aromatic ring is 1. The molecule has 0 aromatic carbocycles. The number of rotatable bonds is 4. The van der Waals surface area contributed by atoms with Gasteiger partial charge in [0.1, 0.15) is 5.82 Å². The summed E-state index contributed by atoms with van der Waals surface area (Å²) in [5.41, 5.74) is 6.93. The number of nitrogens with two attached hydrogens (primary N) is 1. The number of aromatic nitrogens is 2. The second-order valence-corrected chi connectivity index (χ2v) is 7.42. The summed E-state index contributed by atoms with van der Waals surface area (Å²) < 4.78 is 5.47. The average molecular weight is 360 g/mol. The van der Waals surface area contributed by atoms with Crippen molar-refractivity contribution in [2.45, 2.75) is 25.2 Å². The van der Waals surface area contributed by atoms with Gasteiger partial charge in [0, 0.05) is 57.9 Å². The Morgan fingerprint density at radius 3 is 2.62 bits per heavy atom. The van der Waals surface area contributed by atoms with Crippen LogP contribution in [0.3, 0.4) is 0 Å². The second-order valence-electron chi connectivity index (χ2n) is 7.42. The third-order valence-electron chi connectivity index (χ3n) is 5.61. The highest BCUT2D eigenvalue weighted by atomic mass is 16.5. The predicted octanol–water partition coefficient (Wildman–Crippen LogP) is 0.307. The lowest BCUT2D eigenvalue weighted by Gasteiger charge is -2.35. The van der Waals surface area contributed by atoms with E-state index in [2.05, 4.69) is 25.8 Å². The monoisotopic (exact) mass is 360 g/mol. The summed E-state index contributed by atoms with van der Waals surface area (Å²) in [4.78, 5) is 27.6. The van der Waals surface area contributed by atoms with E-state index in [1.165, 1.54) is 0 Å². The smallest absolute Gasteiger partial charge is 0.236 e. The molecule has 0 saturated carbocycles. The normalized spacial score (nSPS) is 24.4. The molecule has 0 spiro atoms. The van der Waals surface area contributed by atoms with E-state index in [9.17, 15) is 4.79 Å². The van der Waals surface area contributed by atoms with Gasteiger partial charge in [0.15, 0.2) is 0 Å². The van der Waals surface area contributed by atoms with Crippen molar-refractivity contribution in [1.29, 1.82) is 0 Å². The van der Waals surface area contributed by atoms with Crippen LogP contribution in [-0.2, 0) is 9.53 Å². The van der Waals surface area contributed by atoms with Gasteiger partial charge in [-0.3, -0.25) is 9.69 Å². The number of hydrogen-bond donors (Lipinski definition) is 1. The Labute approximate surface area is 154 Å². The zero-order valence-corrected chi connectivity index (χ0v) is 15.3. The molecule has 1 amide bonds. The van der Waals surface area contributed by atoms with Crippen LogP contribution in [-0.4, -0.2) is 84.7 Å². The van der Waals surface area contributed by atoms with Crippen molar-refractivity contribution >= 4 is 17.7 Å². The number of likely N-dealkylation sites (tertiary alicyclic amines) is 1. The lowest BCUT2D eigenvalue weighted by atomic mass is 10.0.